The summed E-state index contributed by atoms with van der Waals surface area (Å²) in [5, 5.41) is 15.2. The second-order valence-electron chi connectivity index (χ2n) is 12.9. The van der Waals surface area contributed by atoms with Gasteiger partial charge in [-0.2, -0.15) is 5.10 Å². The first-order chi connectivity index (χ1) is 19.8. The van der Waals surface area contributed by atoms with Crippen LogP contribution in [0.5, 0.6) is 0 Å². The first-order valence-electron chi connectivity index (χ1n) is 14.5. The number of nitrogens with one attached hydrogen (secondary N) is 1. The van der Waals surface area contributed by atoms with E-state index < -0.39 is 5.97 Å². The van der Waals surface area contributed by atoms with Gasteiger partial charge in [-0.05, 0) is 99.3 Å². The predicted octanol–water partition coefficient (Wildman–Crippen LogP) is 5.63. The molecule has 4 saturated carbocycles. The van der Waals surface area contributed by atoms with Crippen LogP contribution < -0.4 is 5.56 Å². The standard InChI is InChI=1S/C32H32N6O3/c1-17-7-25(35-24-3-4-27(39)36-29(17)24)26-15-33-30-28(31(40)41)22(5-6-37(26)30)23-14-34-38(18(23)2)16-32-11-19-8-20(12-32)10-21(9-19)13-32/h3-7,14-15,19-21H,8-13,16H2,1-2H3,(H,36,39)(H,40,41). The fourth-order valence-electron chi connectivity index (χ4n) is 8.78. The monoisotopic (exact) mass is 548 g/mol. The molecule has 4 aliphatic carbocycles. The molecule has 41 heavy (non-hydrogen) atoms. The maximum atomic E-state index is 12.7. The molecule has 0 aliphatic heterocycles. The SMILES string of the molecule is Cc1cc(-c2cnc3c(C(=O)O)c(-c4cnn(CC56CC7CC(CC(C7)C5)C6)c4C)ccn23)nc2ccc(=O)[nH]c12. The molecular weight excluding hydrogens is 516 g/mol. The lowest BCUT2D eigenvalue weighted by atomic mass is 9.49. The Morgan fingerprint density at radius 2 is 1.78 bits per heavy atom. The maximum Gasteiger partial charge on any atom is 0.340 e. The summed E-state index contributed by atoms with van der Waals surface area (Å²) < 4.78 is 3.91. The van der Waals surface area contributed by atoms with E-state index in [-0.39, 0.29) is 11.1 Å². The molecule has 2 N–H and O–H groups in total. The molecule has 208 valence electrons. The molecule has 4 bridgehead atoms. The molecular formula is C32H32N6O3. The van der Waals surface area contributed by atoms with Crippen molar-refractivity contribution in [3.63, 3.8) is 0 Å². The van der Waals surface area contributed by atoms with Crippen molar-refractivity contribution in [1.29, 1.82) is 0 Å². The minimum absolute atomic E-state index is 0.151. The Morgan fingerprint density at radius 3 is 2.49 bits per heavy atom. The molecule has 5 aromatic heterocycles. The summed E-state index contributed by atoms with van der Waals surface area (Å²) in [6.45, 7) is 4.89. The van der Waals surface area contributed by atoms with Crippen LogP contribution in [0, 0.1) is 37.0 Å². The summed E-state index contributed by atoms with van der Waals surface area (Å²) in [6.07, 6.45) is 13.5. The van der Waals surface area contributed by atoms with Gasteiger partial charge in [-0.1, -0.05) is 0 Å². The Kier molecular flexibility index (Phi) is 5.15. The second-order valence-corrected chi connectivity index (χ2v) is 12.9. The van der Waals surface area contributed by atoms with E-state index in [9.17, 15) is 14.7 Å². The first-order valence-corrected chi connectivity index (χ1v) is 14.5. The lowest BCUT2D eigenvalue weighted by Crippen LogP contribution is -2.48. The predicted molar refractivity (Wildman–Crippen MR) is 155 cm³/mol. The molecule has 0 amide bonds. The summed E-state index contributed by atoms with van der Waals surface area (Å²) in [5.41, 5.74) is 6.67. The van der Waals surface area contributed by atoms with Gasteiger partial charge < -0.3 is 10.1 Å². The normalized spacial score (nSPS) is 25.0. The summed E-state index contributed by atoms with van der Waals surface area (Å²) in [6, 6.07) is 6.88. The number of carboxylic acid groups (broad SMARTS) is 1. The molecule has 0 unspecified atom stereocenters. The molecule has 9 nitrogen and oxygen atoms in total. The van der Waals surface area contributed by atoms with Crippen molar-refractivity contribution in [1.82, 2.24) is 29.1 Å². The number of aromatic nitrogens is 6. The Hall–Kier alpha value is -4.27. The molecule has 9 heteroatoms. The number of carboxylic acids is 1. The highest BCUT2D eigenvalue weighted by Crippen LogP contribution is 2.60. The summed E-state index contributed by atoms with van der Waals surface area (Å²) >= 11 is 0. The number of fused-ring (bicyclic) bond motifs is 2. The molecule has 0 spiro atoms. The lowest BCUT2D eigenvalue weighted by Gasteiger charge is -2.56. The Labute approximate surface area is 236 Å². The molecule has 0 aromatic carbocycles. The van der Waals surface area contributed by atoms with Crippen LogP contribution in [0.3, 0.4) is 0 Å². The van der Waals surface area contributed by atoms with E-state index >= 15 is 0 Å². The van der Waals surface area contributed by atoms with Gasteiger partial charge in [0, 0.05) is 35.6 Å². The first kappa shape index (κ1) is 24.5. The van der Waals surface area contributed by atoms with Gasteiger partial charge in [-0.15, -0.1) is 0 Å². The average Bonchev–Trinajstić information content (AvgIpc) is 3.50. The molecule has 0 radical (unpaired) electrons. The van der Waals surface area contributed by atoms with E-state index in [2.05, 4.69) is 21.6 Å². The van der Waals surface area contributed by atoms with Gasteiger partial charge in [-0.25, -0.2) is 14.8 Å². The number of hydrogen-bond donors (Lipinski definition) is 2. The molecule has 9 rings (SSSR count). The van der Waals surface area contributed by atoms with E-state index in [1.165, 1.54) is 44.6 Å². The van der Waals surface area contributed by atoms with Crippen LogP contribution in [0.15, 0.2) is 47.7 Å². The van der Waals surface area contributed by atoms with E-state index in [1.54, 1.807) is 16.7 Å². The minimum atomic E-state index is -1.03. The second kappa shape index (κ2) is 8.61. The third-order valence-electron chi connectivity index (χ3n) is 10.1. The fraction of sp³-hybridized carbons (Fsp3) is 0.406. The van der Waals surface area contributed by atoms with Crippen LogP contribution in [-0.4, -0.2) is 40.2 Å². The van der Waals surface area contributed by atoms with Crippen molar-refractivity contribution < 1.29 is 9.90 Å². The molecule has 4 aliphatic rings. The van der Waals surface area contributed by atoms with Gasteiger partial charge in [-0.3, -0.25) is 13.9 Å². The van der Waals surface area contributed by atoms with Crippen molar-refractivity contribution in [2.75, 3.05) is 0 Å². The number of aromatic amines is 1. The lowest BCUT2D eigenvalue weighted by molar-refractivity contribution is -0.0638. The van der Waals surface area contributed by atoms with Gasteiger partial charge in [0.2, 0.25) is 5.56 Å². The fourth-order valence-corrected chi connectivity index (χ4v) is 8.78. The topological polar surface area (TPSA) is 118 Å². The highest BCUT2D eigenvalue weighted by atomic mass is 16.4. The van der Waals surface area contributed by atoms with E-state index in [1.807, 2.05) is 31.5 Å². The third-order valence-corrected chi connectivity index (χ3v) is 10.1. The number of rotatable bonds is 5. The summed E-state index contributed by atoms with van der Waals surface area (Å²) in [7, 11) is 0. The van der Waals surface area contributed by atoms with Crippen LogP contribution in [-0.2, 0) is 6.54 Å². The smallest absolute Gasteiger partial charge is 0.340 e. The van der Waals surface area contributed by atoms with Gasteiger partial charge in [0.05, 0.1) is 34.8 Å². The summed E-state index contributed by atoms with van der Waals surface area (Å²) in [5.74, 6) is 1.58. The number of H-pyrrole nitrogens is 1. The Balaban J connectivity index is 1.19. The zero-order chi connectivity index (χ0) is 28.0. The highest BCUT2D eigenvalue weighted by molar-refractivity contribution is 6.02. The van der Waals surface area contributed by atoms with Crippen molar-refractivity contribution in [2.24, 2.45) is 23.2 Å². The number of hydrogen-bond acceptors (Lipinski definition) is 5. The summed E-state index contributed by atoms with van der Waals surface area (Å²) in [4.78, 5) is 36.7. The van der Waals surface area contributed by atoms with Crippen LogP contribution in [0.4, 0.5) is 0 Å². The number of pyridine rings is 3. The van der Waals surface area contributed by atoms with Crippen molar-refractivity contribution >= 4 is 22.6 Å². The Bertz CT molecular complexity index is 1910. The van der Waals surface area contributed by atoms with Gasteiger partial charge in [0.25, 0.3) is 0 Å². The van der Waals surface area contributed by atoms with Crippen LogP contribution in [0.25, 0.3) is 39.2 Å². The van der Waals surface area contributed by atoms with Gasteiger partial charge in [0.1, 0.15) is 5.56 Å². The highest BCUT2D eigenvalue weighted by Gasteiger charge is 2.51. The average molecular weight is 549 g/mol. The zero-order valence-electron chi connectivity index (χ0n) is 23.2. The number of carbonyl (C=O) groups is 1. The molecule has 4 fully saturated rings. The number of aromatic carboxylic acids is 1. The molecule has 0 atom stereocenters. The van der Waals surface area contributed by atoms with E-state index in [4.69, 9.17) is 10.1 Å². The zero-order valence-corrected chi connectivity index (χ0v) is 23.2. The van der Waals surface area contributed by atoms with E-state index in [0.29, 0.717) is 39.0 Å². The third kappa shape index (κ3) is 3.78. The Morgan fingerprint density at radius 1 is 1.05 bits per heavy atom. The van der Waals surface area contributed by atoms with E-state index in [0.717, 1.165) is 41.1 Å². The van der Waals surface area contributed by atoms with Crippen LogP contribution in [0.2, 0.25) is 0 Å². The maximum absolute atomic E-state index is 12.7. The van der Waals surface area contributed by atoms with Crippen molar-refractivity contribution in [3.8, 4) is 22.5 Å². The molecule has 5 aromatic rings. The number of imidazole rings is 1. The van der Waals surface area contributed by atoms with Crippen molar-refractivity contribution in [2.45, 2.75) is 58.9 Å². The molecule has 0 saturated heterocycles. The van der Waals surface area contributed by atoms with Crippen molar-refractivity contribution in [3.05, 3.63) is 70.0 Å². The minimum Gasteiger partial charge on any atom is -0.478 e. The number of nitrogens with zero attached hydrogens (tertiary/aromatic N) is 5. The van der Waals surface area contributed by atoms with Gasteiger partial charge >= 0.3 is 5.97 Å². The quantitative estimate of drug-likeness (QED) is 0.294. The molecule has 5 heterocycles. The van der Waals surface area contributed by atoms with Gasteiger partial charge in [0.15, 0.2) is 5.65 Å². The van der Waals surface area contributed by atoms with Crippen LogP contribution in [0.1, 0.15) is 60.1 Å². The van der Waals surface area contributed by atoms with Crippen LogP contribution >= 0.6 is 0 Å². The number of aryl methyl sites for hydroxylation is 1. The largest absolute Gasteiger partial charge is 0.478 e.